The maximum atomic E-state index is 12.5. The topological polar surface area (TPSA) is 65.5 Å². The number of phenolic OH excluding ortho intramolecular Hbond substituents is 1. The predicted molar refractivity (Wildman–Crippen MR) is 89.6 cm³/mol. The maximum Gasteiger partial charge on any atom is 0.271 e. The minimum atomic E-state index is -0.110. The lowest BCUT2D eigenvalue weighted by molar-refractivity contribution is 0.0618. The molecule has 1 atom stereocenters. The quantitative estimate of drug-likeness (QED) is 0.907. The van der Waals surface area contributed by atoms with Gasteiger partial charge in [0.05, 0.1) is 5.56 Å². The number of rotatable bonds is 3. The normalized spacial score (nSPS) is 26.2. The van der Waals surface area contributed by atoms with Crippen LogP contribution in [0.2, 0.25) is 0 Å². The van der Waals surface area contributed by atoms with Crippen molar-refractivity contribution in [1.29, 1.82) is 0 Å². The minimum absolute atomic E-state index is 0.110. The van der Waals surface area contributed by atoms with E-state index >= 15 is 0 Å². The summed E-state index contributed by atoms with van der Waals surface area (Å²) in [6.07, 6.45) is 2.34. The zero-order valence-electron chi connectivity index (χ0n) is 12.7. The molecule has 5 rings (SSSR count). The summed E-state index contributed by atoms with van der Waals surface area (Å²) in [5.74, 6) is 0.674. The van der Waals surface area contributed by atoms with E-state index in [0.29, 0.717) is 22.2 Å². The fraction of sp³-hybridized carbons (Fsp3) is 0.412. The van der Waals surface area contributed by atoms with Gasteiger partial charge in [-0.2, -0.15) is 0 Å². The molecule has 0 radical (unpaired) electrons. The second-order valence-corrected chi connectivity index (χ2v) is 7.13. The van der Waals surface area contributed by atoms with Gasteiger partial charge in [0.25, 0.3) is 5.91 Å². The van der Waals surface area contributed by atoms with Gasteiger partial charge in [0, 0.05) is 18.0 Å². The molecule has 4 heterocycles. The third kappa shape index (κ3) is 2.84. The summed E-state index contributed by atoms with van der Waals surface area (Å²) in [6, 6.07) is 7.30. The first-order valence-electron chi connectivity index (χ1n) is 7.98. The van der Waals surface area contributed by atoms with Crippen LogP contribution < -0.4 is 5.32 Å². The summed E-state index contributed by atoms with van der Waals surface area (Å²) in [4.78, 5) is 19.3. The third-order valence-electron chi connectivity index (χ3n) is 4.84. The Morgan fingerprint density at radius 2 is 2.09 bits per heavy atom. The maximum absolute atomic E-state index is 12.5. The highest BCUT2D eigenvalue weighted by atomic mass is 32.1. The van der Waals surface area contributed by atoms with Gasteiger partial charge in [0.1, 0.15) is 16.5 Å². The van der Waals surface area contributed by atoms with Crippen LogP contribution in [0.4, 0.5) is 0 Å². The summed E-state index contributed by atoms with van der Waals surface area (Å²) >= 11 is 1.38. The zero-order chi connectivity index (χ0) is 15.8. The van der Waals surface area contributed by atoms with Crippen LogP contribution in [-0.2, 0) is 0 Å². The van der Waals surface area contributed by atoms with E-state index in [1.165, 1.54) is 24.2 Å². The molecule has 0 saturated carbocycles. The number of carbonyl (C=O) groups is 1. The monoisotopic (exact) mass is 329 g/mol. The number of hydrogen-bond acceptors (Lipinski definition) is 5. The first kappa shape index (κ1) is 14.7. The Hall–Kier alpha value is -1.92. The number of nitrogens with zero attached hydrogens (tertiary/aromatic N) is 2. The molecule has 5 nitrogen and oxygen atoms in total. The van der Waals surface area contributed by atoms with Crippen molar-refractivity contribution in [3.63, 3.8) is 0 Å². The van der Waals surface area contributed by atoms with Crippen molar-refractivity contribution < 1.29 is 9.90 Å². The number of phenols is 1. The molecule has 2 bridgehead atoms. The summed E-state index contributed by atoms with van der Waals surface area (Å²) in [5, 5.41) is 15.5. The number of thiazole rings is 1. The smallest absolute Gasteiger partial charge is 0.271 e. The number of benzene rings is 1. The molecule has 1 aromatic heterocycles. The van der Waals surface area contributed by atoms with Crippen molar-refractivity contribution in [2.45, 2.75) is 18.9 Å². The summed E-state index contributed by atoms with van der Waals surface area (Å²) in [7, 11) is 0. The molecule has 2 aromatic rings. The number of aromatic nitrogens is 1. The van der Waals surface area contributed by atoms with E-state index in [4.69, 9.17) is 0 Å². The Balaban J connectivity index is 1.48. The van der Waals surface area contributed by atoms with Gasteiger partial charge in [-0.3, -0.25) is 4.79 Å². The van der Waals surface area contributed by atoms with Crippen LogP contribution in [0.25, 0.3) is 10.6 Å². The Morgan fingerprint density at radius 3 is 2.78 bits per heavy atom. The number of amides is 1. The number of aromatic hydroxyl groups is 1. The Morgan fingerprint density at radius 1 is 1.30 bits per heavy atom. The van der Waals surface area contributed by atoms with E-state index in [1.54, 1.807) is 17.5 Å². The standard InChI is InChI=1S/C17H19N3O2S/c21-15-4-2-1-3-12(15)17-19-14(10-23-17)16(22)18-13-9-20-7-5-11(13)6-8-20/h1-4,10-11,13,21H,5-9H2,(H,18,22)/t13-/m0/s1. The second-order valence-electron chi connectivity index (χ2n) is 6.27. The highest BCUT2D eigenvalue weighted by Crippen LogP contribution is 2.31. The number of para-hydroxylation sites is 1. The van der Waals surface area contributed by atoms with E-state index in [0.717, 1.165) is 19.6 Å². The van der Waals surface area contributed by atoms with Gasteiger partial charge in [-0.15, -0.1) is 11.3 Å². The minimum Gasteiger partial charge on any atom is -0.507 e. The molecular weight excluding hydrogens is 310 g/mol. The van der Waals surface area contributed by atoms with Crippen LogP contribution in [-0.4, -0.2) is 46.6 Å². The molecule has 3 saturated heterocycles. The van der Waals surface area contributed by atoms with E-state index in [2.05, 4.69) is 15.2 Å². The number of carbonyl (C=O) groups excluding carboxylic acids is 1. The van der Waals surface area contributed by atoms with Crippen molar-refractivity contribution in [2.75, 3.05) is 19.6 Å². The first-order valence-corrected chi connectivity index (χ1v) is 8.86. The van der Waals surface area contributed by atoms with Crippen molar-refractivity contribution >= 4 is 17.2 Å². The molecule has 6 heteroatoms. The zero-order valence-corrected chi connectivity index (χ0v) is 13.6. The highest BCUT2D eigenvalue weighted by Gasteiger charge is 2.35. The van der Waals surface area contributed by atoms with Crippen LogP contribution in [0.1, 0.15) is 23.3 Å². The Labute approximate surface area is 139 Å². The first-order chi connectivity index (χ1) is 11.2. The molecule has 0 aliphatic carbocycles. The fourth-order valence-electron chi connectivity index (χ4n) is 3.53. The number of nitrogens with one attached hydrogen (secondary N) is 1. The second kappa shape index (κ2) is 5.94. The molecule has 0 spiro atoms. The predicted octanol–water partition coefficient (Wildman–Crippen LogP) is 2.34. The highest BCUT2D eigenvalue weighted by molar-refractivity contribution is 7.13. The molecule has 3 aliphatic heterocycles. The van der Waals surface area contributed by atoms with Gasteiger partial charge in [0.2, 0.25) is 0 Å². The SMILES string of the molecule is O=C(N[C@H]1CN2CCC1CC2)c1csc(-c2ccccc2O)n1. The summed E-state index contributed by atoms with van der Waals surface area (Å²) < 4.78 is 0. The van der Waals surface area contributed by atoms with Gasteiger partial charge in [-0.25, -0.2) is 4.98 Å². The van der Waals surface area contributed by atoms with Crippen molar-refractivity contribution in [2.24, 2.45) is 5.92 Å². The van der Waals surface area contributed by atoms with Gasteiger partial charge in [-0.1, -0.05) is 12.1 Å². The van der Waals surface area contributed by atoms with Gasteiger partial charge in [-0.05, 0) is 44.0 Å². The van der Waals surface area contributed by atoms with Crippen LogP contribution >= 0.6 is 11.3 Å². The van der Waals surface area contributed by atoms with E-state index in [-0.39, 0.29) is 17.7 Å². The molecule has 1 amide bonds. The molecule has 3 fully saturated rings. The molecule has 0 unspecified atom stereocenters. The summed E-state index contributed by atoms with van der Waals surface area (Å²) in [5.41, 5.74) is 1.10. The molecular formula is C17H19N3O2S. The van der Waals surface area contributed by atoms with Crippen molar-refractivity contribution in [3.8, 4) is 16.3 Å². The Kier molecular flexibility index (Phi) is 3.79. The molecule has 23 heavy (non-hydrogen) atoms. The van der Waals surface area contributed by atoms with Gasteiger partial charge >= 0.3 is 0 Å². The van der Waals surface area contributed by atoms with E-state index in [1.807, 2.05) is 12.1 Å². The van der Waals surface area contributed by atoms with Gasteiger partial charge < -0.3 is 15.3 Å². The number of piperidine rings is 3. The van der Waals surface area contributed by atoms with E-state index in [9.17, 15) is 9.90 Å². The average Bonchev–Trinajstić information content (AvgIpc) is 3.06. The van der Waals surface area contributed by atoms with Crippen LogP contribution in [0, 0.1) is 5.92 Å². The average molecular weight is 329 g/mol. The lowest BCUT2D eigenvalue weighted by atomic mass is 9.84. The largest absolute Gasteiger partial charge is 0.507 e. The van der Waals surface area contributed by atoms with Crippen molar-refractivity contribution in [1.82, 2.24) is 15.2 Å². The van der Waals surface area contributed by atoms with Crippen LogP contribution in [0.5, 0.6) is 5.75 Å². The Bertz CT molecular complexity index is 722. The number of fused-ring (bicyclic) bond motifs is 3. The lowest BCUT2D eigenvalue weighted by Gasteiger charge is -2.44. The van der Waals surface area contributed by atoms with Crippen LogP contribution in [0.3, 0.4) is 0 Å². The number of hydrogen-bond donors (Lipinski definition) is 2. The third-order valence-corrected chi connectivity index (χ3v) is 5.72. The van der Waals surface area contributed by atoms with Crippen molar-refractivity contribution in [3.05, 3.63) is 35.3 Å². The fourth-order valence-corrected chi connectivity index (χ4v) is 4.36. The van der Waals surface area contributed by atoms with Crippen LogP contribution in [0.15, 0.2) is 29.6 Å². The molecule has 3 aliphatic rings. The molecule has 1 aromatic carbocycles. The lowest BCUT2D eigenvalue weighted by Crippen LogP contribution is -2.57. The molecule has 120 valence electrons. The van der Waals surface area contributed by atoms with E-state index < -0.39 is 0 Å². The summed E-state index contributed by atoms with van der Waals surface area (Å²) in [6.45, 7) is 3.27. The van der Waals surface area contributed by atoms with Gasteiger partial charge in [0.15, 0.2) is 0 Å². The molecule has 2 N–H and O–H groups in total.